The van der Waals surface area contributed by atoms with Gasteiger partial charge in [0.1, 0.15) is 11.8 Å². The van der Waals surface area contributed by atoms with E-state index in [9.17, 15) is 19.5 Å². The lowest BCUT2D eigenvalue weighted by Crippen LogP contribution is -2.52. The molecule has 19 heavy (non-hydrogen) atoms. The summed E-state index contributed by atoms with van der Waals surface area (Å²) in [5, 5.41) is 14.1. The first-order valence-electron chi connectivity index (χ1n) is 5.60. The largest absolute Gasteiger partial charge is 0.508 e. The number of phenolic OH excluding ortho intramolecular Hbond substituents is 1. The topological polar surface area (TPSA) is 95.5 Å². The van der Waals surface area contributed by atoms with Crippen molar-refractivity contribution in [3.05, 3.63) is 28.8 Å². The Kier molecular flexibility index (Phi) is 3.71. The molecule has 1 fully saturated rings. The maximum Gasteiger partial charge on any atom is 0.253 e. The minimum absolute atomic E-state index is 0.0753. The van der Waals surface area contributed by atoms with Gasteiger partial charge in [0.05, 0.1) is 10.6 Å². The number of halogens is 1. The van der Waals surface area contributed by atoms with Gasteiger partial charge in [-0.25, -0.2) is 0 Å². The lowest BCUT2D eigenvalue weighted by molar-refractivity contribution is -0.134. The van der Waals surface area contributed by atoms with Crippen LogP contribution in [0.2, 0.25) is 5.02 Å². The van der Waals surface area contributed by atoms with Crippen LogP contribution in [0.15, 0.2) is 18.2 Å². The van der Waals surface area contributed by atoms with E-state index in [-0.39, 0.29) is 35.1 Å². The molecule has 1 aliphatic heterocycles. The summed E-state index contributed by atoms with van der Waals surface area (Å²) in [7, 11) is 0. The summed E-state index contributed by atoms with van der Waals surface area (Å²) in [5.41, 5.74) is 0.0753. The smallest absolute Gasteiger partial charge is 0.253 e. The van der Waals surface area contributed by atoms with E-state index in [1.807, 2.05) is 0 Å². The molecule has 100 valence electrons. The molecule has 1 unspecified atom stereocenters. The van der Waals surface area contributed by atoms with E-state index in [4.69, 9.17) is 11.6 Å². The summed E-state index contributed by atoms with van der Waals surface area (Å²) in [5.74, 6) is -1.57. The normalized spacial score (nSPS) is 18.9. The number of imide groups is 1. The quantitative estimate of drug-likeness (QED) is 0.692. The highest BCUT2D eigenvalue weighted by Crippen LogP contribution is 2.21. The van der Waals surface area contributed by atoms with Gasteiger partial charge in [-0.05, 0) is 24.6 Å². The molecule has 6 nitrogen and oxygen atoms in total. The number of piperidine rings is 1. The molecule has 0 bridgehead atoms. The molecule has 1 saturated heterocycles. The van der Waals surface area contributed by atoms with Crippen LogP contribution in [0.3, 0.4) is 0 Å². The molecular formula is C12H11ClN2O4. The molecule has 1 aliphatic rings. The lowest BCUT2D eigenvalue weighted by Gasteiger charge is -2.22. The monoisotopic (exact) mass is 282 g/mol. The summed E-state index contributed by atoms with van der Waals surface area (Å²) >= 11 is 5.84. The van der Waals surface area contributed by atoms with E-state index in [1.54, 1.807) is 0 Å². The van der Waals surface area contributed by atoms with Gasteiger partial charge in [-0.3, -0.25) is 19.7 Å². The van der Waals surface area contributed by atoms with Crippen molar-refractivity contribution in [2.45, 2.75) is 18.9 Å². The Balaban J connectivity index is 2.11. The summed E-state index contributed by atoms with van der Waals surface area (Å²) < 4.78 is 0. The van der Waals surface area contributed by atoms with Crippen LogP contribution in [0.4, 0.5) is 0 Å². The number of carbonyl (C=O) groups excluding carboxylic acids is 3. The maximum atomic E-state index is 11.9. The van der Waals surface area contributed by atoms with Crippen LogP contribution in [0, 0.1) is 0 Å². The van der Waals surface area contributed by atoms with Crippen LogP contribution < -0.4 is 10.6 Å². The summed E-state index contributed by atoms with van der Waals surface area (Å²) in [6.45, 7) is 0. The van der Waals surface area contributed by atoms with Gasteiger partial charge in [-0.15, -0.1) is 0 Å². The van der Waals surface area contributed by atoms with Gasteiger partial charge in [0.15, 0.2) is 0 Å². The standard InChI is InChI=1S/C12H11ClN2O4/c13-8-2-1-6(16)5-7(8)11(18)14-9-3-4-10(17)15-12(9)19/h1-2,5,9,16H,3-4H2,(H,14,18)(H,15,17,19). The Morgan fingerprint density at radius 3 is 2.84 bits per heavy atom. The van der Waals surface area contributed by atoms with Gasteiger partial charge in [0.2, 0.25) is 11.8 Å². The number of hydrogen-bond acceptors (Lipinski definition) is 4. The highest BCUT2D eigenvalue weighted by Gasteiger charge is 2.28. The predicted molar refractivity (Wildman–Crippen MR) is 66.8 cm³/mol. The maximum absolute atomic E-state index is 11.9. The highest BCUT2D eigenvalue weighted by atomic mass is 35.5. The number of benzene rings is 1. The first-order valence-corrected chi connectivity index (χ1v) is 5.98. The molecule has 1 aromatic carbocycles. The van der Waals surface area contributed by atoms with E-state index in [1.165, 1.54) is 18.2 Å². The van der Waals surface area contributed by atoms with Crippen molar-refractivity contribution in [2.24, 2.45) is 0 Å². The van der Waals surface area contributed by atoms with Gasteiger partial charge in [-0.1, -0.05) is 11.6 Å². The average molecular weight is 283 g/mol. The van der Waals surface area contributed by atoms with Crippen molar-refractivity contribution in [1.29, 1.82) is 0 Å². The summed E-state index contributed by atoms with van der Waals surface area (Å²) in [6, 6.07) is 3.17. The van der Waals surface area contributed by atoms with Crippen LogP contribution in [0.25, 0.3) is 0 Å². The third-order valence-electron chi connectivity index (χ3n) is 2.74. The van der Waals surface area contributed by atoms with Crippen molar-refractivity contribution in [1.82, 2.24) is 10.6 Å². The second-order valence-electron chi connectivity index (χ2n) is 4.14. The van der Waals surface area contributed by atoms with Crippen molar-refractivity contribution in [3.63, 3.8) is 0 Å². The molecule has 7 heteroatoms. The van der Waals surface area contributed by atoms with E-state index in [0.29, 0.717) is 0 Å². The molecule has 3 N–H and O–H groups in total. The molecule has 1 aromatic rings. The highest BCUT2D eigenvalue weighted by molar-refractivity contribution is 6.34. The Hall–Kier alpha value is -2.08. The van der Waals surface area contributed by atoms with Crippen LogP contribution in [0.1, 0.15) is 23.2 Å². The SMILES string of the molecule is O=C1CCC(NC(=O)c2cc(O)ccc2Cl)C(=O)N1. The molecule has 0 aliphatic carbocycles. The molecule has 0 saturated carbocycles. The molecular weight excluding hydrogens is 272 g/mol. The minimum atomic E-state index is -0.774. The fourth-order valence-corrected chi connectivity index (χ4v) is 1.96. The third kappa shape index (κ3) is 3.03. The summed E-state index contributed by atoms with van der Waals surface area (Å²) in [6.07, 6.45) is 0.414. The molecule has 0 spiro atoms. The van der Waals surface area contributed by atoms with Crippen LogP contribution in [-0.4, -0.2) is 28.9 Å². The van der Waals surface area contributed by atoms with E-state index < -0.39 is 17.9 Å². The molecule has 1 heterocycles. The van der Waals surface area contributed by atoms with Gasteiger partial charge in [0, 0.05) is 6.42 Å². The van der Waals surface area contributed by atoms with Crippen molar-refractivity contribution in [2.75, 3.05) is 0 Å². The zero-order valence-corrected chi connectivity index (χ0v) is 10.5. The van der Waals surface area contributed by atoms with Gasteiger partial charge in [0.25, 0.3) is 5.91 Å². The number of phenols is 1. The molecule has 3 amide bonds. The van der Waals surface area contributed by atoms with Gasteiger partial charge in [-0.2, -0.15) is 0 Å². The number of amides is 3. The second-order valence-corrected chi connectivity index (χ2v) is 4.55. The van der Waals surface area contributed by atoms with Crippen LogP contribution >= 0.6 is 11.6 Å². The molecule has 0 radical (unpaired) electrons. The Labute approximate surface area is 113 Å². The minimum Gasteiger partial charge on any atom is -0.508 e. The van der Waals surface area contributed by atoms with E-state index in [2.05, 4.69) is 10.6 Å². The molecule has 1 atom stereocenters. The second kappa shape index (κ2) is 5.27. The first-order chi connectivity index (χ1) is 8.97. The number of hydrogen-bond donors (Lipinski definition) is 3. The average Bonchev–Trinajstić information content (AvgIpc) is 2.35. The van der Waals surface area contributed by atoms with E-state index >= 15 is 0 Å². The van der Waals surface area contributed by atoms with Crippen molar-refractivity contribution in [3.8, 4) is 5.75 Å². The predicted octanol–water partition coefficient (Wildman–Crippen LogP) is 0.581. The van der Waals surface area contributed by atoms with Crippen LogP contribution in [0.5, 0.6) is 5.75 Å². The lowest BCUT2D eigenvalue weighted by atomic mass is 10.1. The summed E-state index contributed by atoms with van der Waals surface area (Å²) in [4.78, 5) is 34.4. The molecule has 0 aromatic heterocycles. The third-order valence-corrected chi connectivity index (χ3v) is 3.07. The Morgan fingerprint density at radius 2 is 2.16 bits per heavy atom. The fourth-order valence-electron chi connectivity index (χ4n) is 1.75. The van der Waals surface area contributed by atoms with E-state index in [0.717, 1.165) is 0 Å². The van der Waals surface area contributed by atoms with Crippen molar-refractivity contribution >= 4 is 29.3 Å². The number of rotatable bonds is 2. The van der Waals surface area contributed by atoms with Crippen LogP contribution in [-0.2, 0) is 9.59 Å². The van der Waals surface area contributed by atoms with Gasteiger partial charge < -0.3 is 10.4 Å². The fraction of sp³-hybridized carbons (Fsp3) is 0.250. The number of aromatic hydroxyl groups is 1. The Morgan fingerprint density at radius 1 is 1.42 bits per heavy atom. The zero-order valence-electron chi connectivity index (χ0n) is 9.77. The first kappa shape index (κ1) is 13.4. The molecule has 2 rings (SSSR count). The zero-order chi connectivity index (χ0) is 14.0. The number of nitrogens with one attached hydrogen (secondary N) is 2. The van der Waals surface area contributed by atoms with Crippen molar-refractivity contribution < 1.29 is 19.5 Å². The Bertz CT molecular complexity index is 559. The number of carbonyl (C=O) groups is 3. The van der Waals surface area contributed by atoms with Gasteiger partial charge >= 0.3 is 0 Å².